The average molecular weight is 430 g/mol. The van der Waals surface area contributed by atoms with Gasteiger partial charge in [0.15, 0.2) is 6.54 Å². The van der Waals surface area contributed by atoms with E-state index in [0.717, 1.165) is 30.7 Å². The molecular weight excluding hydrogens is 392 g/mol. The normalized spacial score (nSPS) is 20.1. The van der Waals surface area contributed by atoms with Crippen LogP contribution in [0.4, 0.5) is 4.79 Å². The highest BCUT2D eigenvalue weighted by Crippen LogP contribution is 2.33. The molecule has 0 unspecified atom stereocenters. The van der Waals surface area contributed by atoms with E-state index in [9.17, 15) is 14.4 Å². The number of hydrazine groups is 1. The van der Waals surface area contributed by atoms with Crippen LogP contribution >= 0.6 is 0 Å². The van der Waals surface area contributed by atoms with Crippen molar-refractivity contribution < 1.29 is 19.7 Å². The summed E-state index contributed by atoms with van der Waals surface area (Å²) in [5, 5.41) is 5.68. The summed E-state index contributed by atoms with van der Waals surface area (Å²) in [6.07, 6.45) is 5.27. The van der Waals surface area contributed by atoms with E-state index in [0.29, 0.717) is 24.7 Å². The van der Waals surface area contributed by atoms with E-state index < -0.39 is 11.6 Å². The van der Waals surface area contributed by atoms with Gasteiger partial charge < -0.3 is 10.6 Å². The van der Waals surface area contributed by atoms with Crippen molar-refractivity contribution in [3.63, 3.8) is 0 Å². The van der Waals surface area contributed by atoms with Crippen LogP contribution in [0.5, 0.6) is 0 Å². The molecule has 7 nitrogen and oxygen atoms in total. The van der Waals surface area contributed by atoms with E-state index in [-0.39, 0.29) is 24.4 Å². The molecule has 1 aliphatic heterocycles. The topological polar surface area (TPSA) is 95.1 Å². The fourth-order valence-electron chi connectivity index (χ4n) is 4.70. The number of imide groups is 1. The highest BCUT2D eigenvalue weighted by atomic mass is 16.2. The highest BCUT2D eigenvalue weighted by Gasteiger charge is 2.52. The summed E-state index contributed by atoms with van der Waals surface area (Å²) in [7, 11) is 0. The maximum Gasteiger partial charge on any atom is 0.344 e. The predicted molar refractivity (Wildman–Crippen MR) is 119 cm³/mol. The van der Waals surface area contributed by atoms with E-state index >= 15 is 0 Å². The van der Waals surface area contributed by atoms with Crippen LogP contribution in [0.3, 0.4) is 0 Å². The van der Waals surface area contributed by atoms with Crippen molar-refractivity contribution in [3.05, 3.63) is 35.4 Å². The van der Waals surface area contributed by atoms with Crippen LogP contribution in [0.1, 0.15) is 89.3 Å². The fourth-order valence-corrected chi connectivity index (χ4v) is 4.70. The zero-order valence-electron chi connectivity index (χ0n) is 19.2. The number of hydrogen-bond acceptors (Lipinski definition) is 3. The lowest BCUT2D eigenvalue weighted by Gasteiger charge is -2.30. The molecule has 0 bridgehead atoms. The number of nitrogens with two attached hydrogens (primary N) is 1. The number of carbonyl (C=O) groups excluding carboxylic acids is 3. The van der Waals surface area contributed by atoms with Gasteiger partial charge in [0, 0.05) is 11.5 Å². The van der Waals surface area contributed by atoms with Crippen LogP contribution in [-0.2, 0) is 9.59 Å². The van der Waals surface area contributed by atoms with E-state index in [1.165, 1.54) is 11.1 Å². The molecule has 1 aromatic carbocycles. The number of carbonyl (C=O) groups is 3. The second kappa shape index (κ2) is 9.81. The van der Waals surface area contributed by atoms with Crippen molar-refractivity contribution >= 4 is 17.8 Å². The molecule has 1 aromatic rings. The minimum Gasteiger partial charge on any atom is -0.332 e. The molecule has 1 heterocycles. The van der Waals surface area contributed by atoms with Crippen molar-refractivity contribution in [2.75, 3.05) is 6.54 Å². The zero-order chi connectivity index (χ0) is 22.6. The van der Waals surface area contributed by atoms with Gasteiger partial charge in [0.1, 0.15) is 11.6 Å². The maximum atomic E-state index is 12.8. The number of hydrogen-bond donors (Lipinski definition) is 3. The van der Waals surface area contributed by atoms with E-state index in [1.54, 1.807) is 0 Å². The molecule has 0 radical (unpaired) electrons. The van der Waals surface area contributed by atoms with Gasteiger partial charge in [0.25, 0.3) is 11.8 Å². The molecular formula is C24H37N4O3+. The van der Waals surface area contributed by atoms with E-state index in [2.05, 4.69) is 62.7 Å². The molecule has 1 aliphatic carbocycles. The van der Waals surface area contributed by atoms with Gasteiger partial charge in [-0.15, -0.1) is 0 Å². The molecule has 7 heteroatoms. The van der Waals surface area contributed by atoms with Crippen molar-refractivity contribution in [1.82, 2.24) is 15.8 Å². The molecule has 2 atom stereocenters. The Morgan fingerprint density at radius 1 is 1.10 bits per heavy atom. The first-order valence-electron chi connectivity index (χ1n) is 11.7. The number of nitrogens with zero attached hydrogens (tertiary/aromatic N) is 1. The predicted octanol–water partition coefficient (Wildman–Crippen LogP) is 2.75. The molecule has 0 aromatic heterocycles. The largest absolute Gasteiger partial charge is 0.344 e. The Labute approximate surface area is 185 Å². The summed E-state index contributed by atoms with van der Waals surface area (Å²) in [5.74, 6) is 0.173. The van der Waals surface area contributed by atoms with Crippen molar-refractivity contribution in [2.45, 2.75) is 83.7 Å². The number of quaternary nitrogens is 1. The average Bonchev–Trinajstić information content (AvgIpc) is 2.97. The van der Waals surface area contributed by atoms with Gasteiger partial charge in [-0.05, 0) is 30.7 Å². The van der Waals surface area contributed by atoms with Crippen LogP contribution in [0.2, 0.25) is 0 Å². The lowest BCUT2D eigenvalue weighted by molar-refractivity contribution is -0.692. The summed E-state index contributed by atoms with van der Waals surface area (Å²) >= 11 is 0. The molecule has 1 saturated heterocycles. The van der Waals surface area contributed by atoms with Gasteiger partial charge in [-0.25, -0.2) is 4.79 Å². The van der Waals surface area contributed by atoms with Crippen molar-refractivity contribution in [2.24, 2.45) is 5.92 Å². The fraction of sp³-hybridized carbons (Fsp3) is 0.625. The molecule has 1 spiro atoms. The Morgan fingerprint density at radius 2 is 1.71 bits per heavy atom. The molecule has 4 N–H and O–H groups in total. The van der Waals surface area contributed by atoms with Crippen LogP contribution in [0.15, 0.2) is 24.3 Å². The number of benzene rings is 1. The van der Waals surface area contributed by atoms with Gasteiger partial charge >= 0.3 is 6.03 Å². The molecule has 3 rings (SSSR count). The van der Waals surface area contributed by atoms with Crippen molar-refractivity contribution in [1.29, 1.82) is 0 Å². The first kappa shape index (κ1) is 23.3. The third-order valence-corrected chi connectivity index (χ3v) is 6.88. The summed E-state index contributed by atoms with van der Waals surface area (Å²) in [6.45, 7) is 8.81. The van der Waals surface area contributed by atoms with E-state index in [4.69, 9.17) is 0 Å². The van der Waals surface area contributed by atoms with Gasteiger partial charge in [-0.1, -0.05) is 71.2 Å². The third kappa shape index (κ3) is 5.09. The molecule has 4 amide bonds. The van der Waals surface area contributed by atoms with Gasteiger partial charge in [-0.2, -0.15) is 5.01 Å². The molecule has 1 saturated carbocycles. The van der Waals surface area contributed by atoms with Gasteiger partial charge in [-0.3, -0.25) is 15.0 Å². The Hall–Kier alpha value is -2.41. The van der Waals surface area contributed by atoms with Crippen LogP contribution < -0.4 is 16.1 Å². The van der Waals surface area contributed by atoms with Crippen LogP contribution in [0.25, 0.3) is 0 Å². The number of amides is 4. The van der Waals surface area contributed by atoms with Gasteiger partial charge in [0.2, 0.25) is 0 Å². The van der Waals surface area contributed by atoms with Crippen molar-refractivity contribution in [3.8, 4) is 0 Å². The summed E-state index contributed by atoms with van der Waals surface area (Å²) in [6, 6.07) is 8.22. The SMILES string of the molecule is CC[C@H](C)c1ccc([C@@H]([NH2+]CC(=O)NN2C(=O)NC3(CCCCC3)C2=O)C(C)C)cc1. The zero-order valence-corrected chi connectivity index (χ0v) is 19.2. The van der Waals surface area contributed by atoms with Crippen LogP contribution in [0, 0.1) is 5.92 Å². The lowest BCUT2D eigenvalue weighted by atomic mass is 9.82. The minimum absolute atomic E-state index is 0.115. The summed E-state index contributed by atoms with van der Waals surface area (Å²) in [4.78, 5) is 37.8. The number of rotatable bonds is 8. The first-order valence-corrected chi connectivity index (χ1v) is 11.7. The molecule has 31 heavy (non-hydrogen) atoms. The van der Waals surface area contributed by atoms with E-state index in [1.807, 2.05) is 5.32 Å². The second-order valence-corrected chi connectivity index (χ2v) is 9.43. The standard InChI is InChI=1S/C24H36N4O3/c1-5-17(4)18-9-11-19(12-10-18)21(16(2)3)25-15-20(29)27-28-22(30)24(26-23(28)31)13-7-6-8-14-24/h9-12,16-17,21,25H,5-8,13-15H2,1-4H3,(H,26,31)(H,27,29)/p+1/t17-,21-/m0/s1. The molecule has 2 fully saturated rings. The second-order valence-electron chi connectivity index (χ2n) is 9.43. The smallest absolute Gasteiger partial charge is 0.332 e. The molecule has 170 valence electrons. The number of urea groups is 1. The lowest BCUT2D eigenvalue weighted by Crippen LogP contribution is -2.88. The van der Waals surface area contributed by atoms with Crippen LogP contribution in [-0.4, -0.2) is 34.9 Å². The Kier molecular flexibility index (Phi) is 7.36. The molecule has 2 aliphatic rings. The highest BCUT2D eigenvalue weighted by molar-refractivity contribution is 6.08. The Morgan fingerprint density at radius 3 is 2.29 bits per heavy atom. The quantitative estimate of drug-likeness (QED) is 0.555. The monoisotopic (exact) mass is 429 g/mol. The Balaban J connectivity index is 1.59. The van der Waals surface area contributed by atoms with Gasteiger partial charge in [0.05, 0.1) is 0 Å². The minimum atomic E-state index is -0.829. The third-order valence-electron chi connectivity index (χ3n) is 6.88. The summed E-state index contributed by atoms with van der Waals surface area (Å²) in [5.41, 5.74) is 4.19. The Bertz CT molecular complexity index is 800. The maximum absolute atomic E-state index is 12.8. The first-order chi connectivity index (χ1) is 14.8. The number of nitrogens with one attached hydrogen (secondary N) is 2. The summed E-state index contributed by atoms with van der Waals surface area (Å²) < 4.78 is 0.